The highest BCUT2D eigenvalue weighted by molar-refractivity contribution is 6.30. The highest BCUT2D eigenvalue weighted by atomic mass is 35.5. The fourth-order valence-corrected chi connectivity index (χ4v) is 3.56. The van der Waals surface area contributed by atoms with Gasteiger partial charge in [-0.3, -0.25) is 9.59 Å². The number of carbonyl (C=O) groups is 2. The molecular formula is C21H23ClN2O2. The van der Waals surface area contributed by atoms with Gasteiger partial charge in [-0.2, -0.15) is 0 Å². The Bertz CT molecular complexity index is 806. The molecule has 0 atom stereocenters. The van der Waals surface area contributed by atoms with Crippen molar-refractivity contribution in [1.29, 1.82) is 0 Å². The Kier molecular flexibility index (Phi) is 5.94. The van der Waals surface area contributed by atoms with Crippen molar-refractivity contribution in [2.45, 2.75) is 26.2 Å². The van der Waals surface area contributed by atoms with Gasteiger partial charge in [0.25, 0.3) is 0 Å². The summed E-state index contributed by atoms with van der Waals surface area (Å²) in [5.74, 6) is 0.0607. The van der Waals surface area contributed by atoms with Crippen LogP contribution in [0.3, 0.4) is 0 Å². The second-order valence-corrected chi connectivity index (χ2v) is 7.00. The standard InChI is InChI=1S/C21H23ClN2O2/c1-16(25)23(12-9-17-5-4-7-19(22)15-17)13-11-21(26)24-14-10-18-6-2-3-8-20(18)24/h2-8,15H,9-14H2,1H3. The third-order valence-corrected chi connectivity index (χ3v) is 5.02. The van der Waals surface area contributed by atoms with Gasteiger partial charge >= 0.3 is 0 Å². The average Bonchev–Trinajstić information content (AvgIpc) is 3.05. The number of halogens is 1. The molecule has 2 amide bonds. The van der Waals surface area contributed by atoms with Crippen LogP contribution in [-0.2, 0) is 22.4 Å². The minimum Gasteiger partial charge on any atom is -0.342 e. The highest BCUT2D eigenvalue weighted by Gasteiger charge is 2.24. The van der Waals surface area contributed by atoms with Gasteiger partial charge in [-0.05, 0) is 42.2 Å². The fraction of sp³-hybridized carbons (Fsp3) is 0.333. The second kappa shape index (κ2) is 8.37. The predicted octanol–water partition coefficient (Wildman–Crippen LogP) is 3.71. The van der Waals surface area contributed by atoms with Crippen molar-refractivity contribution in [1.82, 2.24) is 4.90 Å². The largest absolute Gasteiger partial charge is 0.342 e. The Morgan fingerprint density at radius 1 is 1.12 bits per heavy atom. The van der Waals surface area contributed by atoms with Gasteiger partial charge < -0.3 is 9.80 Å². The molecule has 0 N–H and O–H groups in total. The van der Waals surface area contributed by atoms with E-state index in [1.165, 1.54) is 5.56 Å². The lowest BCUT2D eigenvalue weighted by Crippen LogP contribution is -2.36. The van der Waals surface area contributed by atoms with E-state index in [2.05, 4.69) is 6.07 Å². The summed E-state index contributed by atoms with van der Waals surface area (Å²) in [7, 11) is 0. The number of nitrogens with zero attached hydrogens (tertiary/aromatic N) is 2. The maximum absolute atomic E-state index is 12.6. The molecule has 3 rings (SSSR count). The lowest BCUT2D eigenvalue weighted by atomic mass is 10.1. The van der Waals surface area contributed by atoms with E-state index in [1.807, 2.05) is 47.4 Å². The van der Waals surface area contributed by atoms with E-state index in [9.17, 15) is 9.59 Å². The van der Waals surface area contributed by atoms with E-state index in [0.29, 0.717) is 24.5 Å². The summed E-state index contributed by atoms with van der Waals surface area (Å²) < 4.78 is 0. The topological polar surface area (TPSA) is 40.6 Å². The fourth-order valence-electron chi connectivity index (χ4n) is 3.35. The Labute approximate surface area is 159 Å². The maximum Gasteiger partial charge on any atom is 0.228 e. The molecule has 1 aliphatic rings. The van der Waals surface area contributed by atoms with Gasteiger partial charge in [0.15, 0.2) is 0 Å². The molecule has 0 saturated carbocycles. The summed E-state index contributed by atoms with van der Waals surface area (Å²) in [6.07, 6.45) is 1.96. The monoisotopic (exact) mass is 370 g/mol. The molecule has 0 spiro atoms. The summed E-state index contributed by atoms with van der Waals surface area (Å²) in [5.41, 5.74) is 3.31. The first kappa shape index (κ1) is 18.5. The third kappa shape index (κ3) is 4.44. The van der Waals surface area contributed by atoms with E-state index < -0.39 is 0 Å². The van der Waals surface area contributed by atoms with Crippen LogP contribution in [-0.4, -0.2) is 36.3 Å². The molecule has 0 aliphatic carbocycles. The van der Waals surface area contributed by atoms with Gasteiger partial charge in [0.2, 0.25) is 11.8 Å². The number of hydrogen-bond acceptors (Lipinski definition) is 2. The van der Waals surface area contributed by atoms with Crippen molar-refractivity contribution in [2.75, 3.05) is 24.5 Å². The van der Waals surface area contributed by atoms with Crippen molar-refractivity contribution in [3.05, 3.63) is 64.7 Å². The van der Waals surface area contributed by atoms with E-state index in [0.717, 1.165) is 30.6 Å². The quantitative estimate of drug-likeness (QED) is 0.777. The normalized spacial score (nSPS) is 12.8. The van der Waals surface area contributed by atoms with Crippen molar-refractivity contribution in [3.63, 3.8) is 0 Å². The zero-order valence-corrected chi connectivity index (χ0v) is 15.7. The third-order valence-electron chi connectivity index (χ3n) is 4.79. The number of carbonyl (C=O) groups excluding carboxylic acids is 2. The molecule has 0 saturated heterocycles. The molecule has 0 fully saturated rings. The average molecular weight is 371 g/mol. The van der Waals surface area contributed by atoms with Crippen LogP contribution in [0.5, 0.6) is 0 Å². The molecule has 2 aromatic carbocycles. The highest BCUT2D eigenvalue weighted by Crippen LogP contribution is 2.27. The summed E-state index contributed by atoms with van der Waals surface area (Å²) in [6.45, 7) is 3.29. The summed E-state index contributed by atoms with van der Waals surface area (Å²) in [5, 5.41) is 0.694. The number of para-hydroxylation sites is 1. The smallest absolute Gasteiger partial charge is 0.228 e. The van der Waals surface area contributed by atoms with Crippen LogP contribution in [0.25, 0.3) is 0 Å². The minimum atomic E-state index is -0.0124. The molecule has 0 unspecified atom stereocenters. The van der Waals surface area contributed by atoms with E-state index in [-0.39, 0.29) is 11.8 Å². The molecule has 5 heteroatoms. The van der Waals surface area contributed by atoms with Crippen molar-refractivity contribution < 1.29 is 9.59 Å². The van der Waals surface area contributed by atoms with Crippen LogP contribution in [0, 0.1) is 0 Å². The number of hydrogen-bond donors (Lipinski definition) is 0. The van der Waals surface area contributed by atoms with Crippen molar-refractivity contribution in [2.24, 2.45) is 0 Å². The SMILES string of the molecule is CC(=O)N(CCC(=O)N1CCc2ccccc21)CCc1cccc(Cl)c1. The zero-order chi connectivity index (χ0) is 18.5. The number of fused-ring (bicyclic) bond motifs is 1. The van der Waals surface area contributed by atoms with Crippen LogP contribution in [0.1, 0.15) is 24.5 Å². The molecule has 0 aromatic heterocycles. The second-order valence-electron chi connectivity index (χ2n) is 6.56. The first-order valence-electron chi connectivity index (χ1n) is 8.93. The van der Waals surface area contributed by atoms with Gasteiger partial charge in [0, 0.05) is 43.7 Å². The van der Waals surface area contributed by atoms with Crippen LogP contribution in [0.2, 0.25) is 5.02 Å². The number of amides is 2. The van der Waals surface area contributed by atoms with Crippen LogP contribution < -0.4 is 4.90 Å². The first-order valence-corrected chi connectivity index (χ1v) is 9.30. The van der Waals surface area contributed by atoms with E-state index >= 15 is 0 Å². The van der Waals surface area contributed by atoms with Crippen molar-refractivity contribution >= 4 is 29.1 Å². The Morgan fingerprint density at radius 3 is 2.69 bits per heavy atom. The molecule has 0 bridgehead atoms. The number of rotatable bonds is 6. The van der Waals surface area contributed by atoms with Crippen molar-refractivity contribution in [3.8, 4) is 0 Å². The van der Waals surface area contributed by atoms with Gasteiger partial charge in [0.05, 0.1) is 0 Å². The summed E-state index contributed by atoms with van der Waals surface area (Å²) >= 11 is 6.01. The molecule has 4 nitrogen and oxygen atoms in total. The molecule has 26 heavy (non-hydrogen) atoms. The lowest BCUT2D eigenvalue weighted by molar-refractivity contribution is -0.129. The first-order chi connectivity index (χ1) is 12.5. The number of anilines is 1. The van der Waals surface area contributed by atoms with Gasteiger partial charge in [-0.25, -0.2) is 0 Å². The van der Waals surface area contributed by atoms with Crippen LogP contribution >= 0.6 is 11.6 Å². The van der Waals surface area contributed by atoms with Crippen LogP contribution in [0.4, 0.5) is 5.69 Å². The lowest BCUT2D eigenvalue weighted by Gasteiger charge is -2.23. The minimum absolute atomic E-state index is 0.0124. The molecule has 1 aliphatic heterocycles. The molecule has 0 radical (unpaired) electrons. The molecular weight excluding hydrogens is 348 g/mol. The Morgan fingerprint density at radius 2 is 1.92 bits per heavy atom. The van der Waals surface area contributed by atoms with Gasteiger partial charge in [0.1, 0.15) is 0 Å². The zero-order valence-electron chi connectivity index (χ0n) is 15.0. The summed E-state index contributed by atoms with van der Waals surface area (Å²) in [6, 6.07) is 15.7. The maximum atomic E-state index is 12.6. The van der Waals surface area contributed by atoms with Gasteiger partial charge in [-0.15, -0.1) is 0 Å². The van der Waals surface area contributed by atoms with Crippen LogP contribution in [0.15, 0.2) is 48.5 Å². The predicted molar refractivity (Wildman–Crippen MR) is 105 cm³/mol. The van der Waals surface area contributed by atoms with E-state index in [4.69, 9.17) is 11.6 Å². The Hall–Kier alpha value is -2.33. The summed E-state index contributed by atoms with van der Waals surface area (Å²) in [4.78, 5) is 28.1. The molecule has 1 heterocycles. The Balaban J connectivity index is 1.55. The number of benzene rings is 2. The molecule has 2 aromatic rings. The van der Waals surface area contributed by atoms with Gasteiger partial charge in [-0.1, -0.05) is 41.9 Å². The van der Waals surface area contributed by atoms with E-state index in [1.54, 1.807) is 11.8 Å². The molecule has 136 valence electrons.